The summed E-state index contributed by atoms with van der Waals surface area (Å²) < 4.78 is 10.0. The predicted octanol–water partition coefficient (Wildman–Crippen LogP) is 1.95. The number of phenols is 2. The number of hydrogen-bond donors (Lipinski definition) is 2. The van der Waals surface area contributed by atoms with Crippen LogP contribution in [0.1, 0.15) is 19.4 Å². The second-order valence-corrected chi connectivity index (χ2v) is 4.58. The van der Waals surface area contributed by atoms with Crippen LogP contribution in [0.5, 0.6) is 11.5 Å². The van der Waals surface area contributed by atoms with E-state index in [1.54, 1.807) is 13.8 Å². The van der Waals surface area contributed by atoms with Gasteiger partial charge >= 0.3 is 6.16 Å². The van der Waals surface area contributed by atoms with Crippen molar-refractivity contribution < 1.29 is 24.5 Å². The molecule has 0 aliphatic carbocycles. The molecule has 2 rings (SSSR count). The van der Waals surface area contributed by atoms with Gasteiger partial charge in [-0.25, -0.2) is 4.79 Å². The topological polar surface area (TPSA) is 76.0 Å². The Kier molecular flexibility index (Phi) is 2.61. The van der Waals surface area contributed by atoms with Gasteiger partial charge in [0.15, 0.2) is 0 Å². The number of aromatic hydroxyl groups is 2. The number of benzene rings is 1. The zero-order valence-corrected chi connectivity index (χ0v) is 9.64. The quantitative estimate of drug-likeness (QED) is 0.608. The van der Waals surface area contributed by atoms with Crippen LogP contribution in [0.15, 0.2) is 18.2 Å². The molecule has 2 N–H and O–H groups in total. The van der Waals surface area contributed by atoms with Gasteiger partial charge in [-0.1, -0.05) is 0 Å². The van der Waals surface area contributed by atoms with Crippen molar-refractivity contribution in [2.45, 2.75) is 32.0 Å². The summed E-state index contributed by atoms with van der Waals surface area (Å²) in [6, 6.07) is 4.23. The standard InChI is InChI=1S/C12H14O5/c1-12(2)10(16-11(15)17-12)6-7-5-8(13)3-4-9(7)14/h3-5,10,13-14H,6H2,1-2H3. The van der Waals surface area contributed by atoms with Gasteiger partial charge in [0.25, 0.3) is 0 Å². The van der Waals surface area contributed by atoms with E-state index in [9.17, 15) is 15.0 Å². The van der Waals surface area contributed by atoms with Gasteiger partial charge in [0.1, 0.15) is 23.2 Å². The van der Waals surface area contributed by atoms with Crippen LogP contribution in [0.25, 0.3) is 0 Å². The fraction of sp³-hybridized carbons (Fsp3) is 0.417. The van der Waals surface area contributed by atoms with Gasteiger partial charge in [-0.2, -0.15) is 0 Å². The molecule has 1 aromatic carbocycles. The molecule has 1 aromatic rings. The largest absolute Gasteiger partial charge is 0.509 e. The molecule has 0 bridgehead atoms. The molecular formula is C12H14O5. The van der Waals surface area contributed by atoms with Gasteiger partial charge in [-0.3, -0.25) is 0 Å². The summed E-state index contributed by atoms with van der Waals surface area (Å²) in [5.41, 5.74) is -0.226. The normalized spacial score (nSPS) is 22.0. The minimum absolute atomic E-state index is 0.0563. The summed E-state index contributed by atoms with van der Waals surface area (Å²) >= 11 is 0. The fourth-order valence-corrected chi connectivity index (χ4v) is 1.79. The second kappa shape index (κ2) is 3.84. The molecule has 1 saturated heterocycles. The Morgan fingerprint density at radius 2 is 2.06 bits per heavy atom. The molecule has 1 unspecified atom stereocenters. The van der Waals surface area contributed by atoms with Crippen molar-refractivity contribution in [2.75, 3.05) is 0 Å². The third kappa shape index (κ3) is 2.27. The first-order valence-corrected chi connectivity index (χ1v) is 5.29. The van der Waals surface area contributed by atoms with Crippen LogP contribution in [-0.2, 0) is 15.9 Å². The van der Waals surface area contributed by atoms with Gasteiger partial charge in [-0.05, 0) is 32.0 Å². The lowest BCUT2D eigenvalue weighted by Crippen LogP contribution is -2.34. The smallest absolute Gasteiger partial charge is 0.508 e. The summed E-state index contributed by atoms with van der Waals surface area (Å²) in [6.45, 7) is 3.48. The highest BCUT2D eigenvalue weighted by atomic mass is 16.8. The zero-order valence-electron chi connectivity index (χ0n) is 9.64. The predicted molar refractivity (Wildman–Crippen MR) is 58.9 cm³/mol. The van der Waals surface area contributed by atoms with Crippen LogP contribution in [-0.4, -0.2) is 28.1 Å². The highest BCUT2D eigenvalue weighted by Crippen LogP contribution is 2.32. The molecule has 0 aromatic heterocycles. The molecule has 1 heterocycles. The summed E-state index contributed by atoms with van der Waals surface area (Å²) in [6.07, 6.45) is -0.902. The second-order valence-electron chi connectivity index (χ2n) is 4.58. The van der Waals surface area contributed by atoms with Gasteiger partial charge in [0.2, 0.25) is 0 Å². The number of cyclic esters (lactones) is 2. The summed E-state index contributed by atoms with van der Waals surface area (Å²) in [5.74, 6) is 0.113. The molecule has 5 heteroatoms. The summed E-state index contributed by atoms with van der Waals surface area (Å²) in [4.78, 5) is 11.1. The van der Waals surface area contributed by atoms with E-state index in [4.69, 9.17) is 9.47 Å². The van der Waals surface area contributed by atoms with E-state index < -0.39 is 17.9 Å². The minimum atomic E-state index is -0.741. The Labute approximate surface area is 98.6 Å². The molecule has 1 aliphatic heterocycles. The first kappa shape index (κ1) is 11.6. The van der Waals surface area contributed by atoms with Crippen LogP contribution in [0.3, 0.4) is 0 Å². The molecule has 0 spiro atoms. The molecule has 0 saturated carbocycles. The van der Waals surface area contributed by atoms with Crippen LogP contribution in [0.2, 0.25) is 0 Å². The SMILES string of the molecule is CC1(C)OC(=O)OC1Cc1cc(O)ccc1O. The van der Waals surface area contributed by atoms with Crippen molar-refractivity contribution >= 4 is 6.16 Å². The molecule has 1 aliphatic rings. The highest BCUT2D eigenvalue weighted by Gasteiger charge is 2.44. The summed E-state index contributed by atoms with van der Waals surface area (Å²) in [7, 11) is 0. The molecule has 0 radical (unpaired) electrons. The first-order valence-electron chi connectivity index (χ1n) is 5.29. The van der Waals surface area contributed by atoms with E-state index in [0.29, 0.717) is 12.0 Å². The lowest BCUT2D eigenvalue weighted by atomic mass is 9.95. The Hall–Kier alpha value is -1.91. The number of carbonyl (C=O) groups is 1. The van der Waals surface area contributed by atoms with E-state index in [1.165, 1.54) is 18.2 Å². The van der Waals surface area contributed by atoms with Crippen molar-refractivity contribution in [2.24, 2.45) is 0 Å². The minimum Gasteiger partial charge on any atom is -0.508 e. The third-order valence-electron chi connectivity index (χ3n) is 2.83. The Bertz CT molecular complexity index is 452. The molecular weight excluding hydrogens is 224 g/mol. The highest BCUT2D eigenvalue weighted by molar-refractivity contribution is 5.63. The van der Waals surface area contributed by atoms with Crippen molar-refractivity contribution in [3.05, 3.63) is 23.8 Å². The van der Waals surface area contributed by atoms with E-state index in [1.807, 2.05) is 0 Å². The van der Waals surface area contributed by atoms with Gasteiger partial charge in [-0.15, -0.1) is 0 Å². The maximum absolute atomic E-state index is 11.1. The number of ether oxygens (including phenoxy) is 2. The average molecular weight is 238 g/mol. The number of hydrogen-bond acceptors (Lipinski definition) is 5. The monoisotopic (exact) mass is 238 g/mol. The average Bonchev–Trinajstić information content (AvgIpc) is 2.46. The Balaban J connectivity index is 2.21. The third-order valence-corrected chi connectivity index (χ3v) is 2.83. The number of phenolic OH excluding ortho intramolecular Hbond substituents is 2. The van der Waals surface area contributed by atoms with Crippen molar-refractivity contribution in [1.82, 2.24) is 0 Å². The first-order chi connectivity index (χ1) is 7.88. The molecule has 1 fully saturated rings. The Morgan fingerprint density at radius 1 is 1.35 bits per heavy atom. The van der Waals surface area contributed by atoms with Crippen molar-refractivity contribution in [3.8, 4) is 11.5 Å². The van der Waals surface area contributed by atoms with E-state index in [2.05, 4.69) is 0 Å². The molecule has 92 valence electrons. The fourth-order valence-electron chi connectivity index (χ4n) is 1.79. The molecule has 1 atom stereocenters. The van der Waals surface area contributed by atoms with Crippen LogP contribution < -0.4 is 0 Å². The van der Waals surface area contributed by atoms with Gasteiger partial charge < -0.3 is 19.7 Å². The molecule has 0 amide bonds. The van der Waals surface area contributed by atoms with Gasteiger partial charge in [0.05, 0.1) is 0 Å². The molecule has 17 heavy (non-hydrogen) atoms. The lowest BCUT2D eigenvalue weighted by molar-refractivity contribution is 0.0642. The number of rotatable bonds is 2. The molecule has 5 nitrogen and oxygen atoms in total. The van der Waals surface area contributed by atoms with E-state index in [0.717, 1.165) is 0 Å². The Morgan fingerprint density at radius 3 is 2.65 bits per heavy atom. The lowest BCUT2D eigenvalue weighted by Gasteiger charge is -2.21. The van der Waals surface area contributed by atoms with Crippen LogP contribution in [0.4, 0.5) is 4.79 Å². The van der Waals surface area contributed by atoms with E-state index >= 15 is 0 Å². The van der Waals surface area contributed by atoms with E-state index in [-0.39, 0.29) is 11.5 Å². The van der Waals surface area contributed by atoms with Gasteiger partial charge in [0, 0.05) is 12.0 Å². The number of carbonyl (C=O) groups excluding carboxylic acids is 1. The van der Waals surface area contributed by atoms with Crippen LogP contribution in [0, 0.1) is 0 Å². The van der Waals surface area contributed by atoms with Crippen molar-refractivity contribution in [3.63, 3.8) is 0 Å². The maximum Gasteiger partial charge on any atom is 0.509 e. The van der Waals surface area contributed by atoms with Crippen LogP contribution >= 0.6 is 0 Å². The zero-order chi connectivity index (χ0) is 12.6. The summed E-state index contributed by atoms with van der Waals surface area (Å²) in [5, 5.41) is 19.0. The maximum atomic E-state index is 11.1. The van der Waals surface area contributed by atoms with Crippen molar-refractivity contribution in [1.29, 1.82) is 0 Å².